The molecule has 0 saturated heterocycles. The van der Waals surface area contributed by atoms with Crippen molar-refractivity contribution in [2.45, 2.75) is 46.0 Å². The number of hydrogen-bond acceptors (Lipinski definition) is 3. The van der Waals surface area contributed by atoms with Gasteiger partial charge in [0.25, 0.3) is 0 Å². The summed E-state index contributed by atoms with van der Waals surface area (Å²) >= 11 is 1.82. The van der Waals surface area contributed by atoms with Crippen molar-refractivity contribution in [1.29, 1.82) is 0 Å². The van der Waals surface area contributed by atoms with E-state index in [0.29, 0.717) is 6.61 Å². The Kier molecular flexibility index (Phi) is 3.64. The third-order valence-electron chi connectivity index (χ3n) is 3.04. The van der Waals surface area contributed by atoms with Crippen LogP contribution >= 0.6 is 11.3 Å². The monoisotopic (exact) mass is 238 g/mol. The highest BCUT2D eigenvalue weighted by Gasteiger charge is 2.24. The van der Waals surface area contributed by atoms with E-state index in [1.54, 1.807) is 0 Å². The van der Waals surface area contributed by atoms with Crippen LogP contribution in [0, 0.1) is 0 Å². The van der Waals surface area contributed by atoms with Crippen molar-refractivity contribution in [2.24, 2.45) is 0 Å². The van der Waals surface area contributed by atoms with Crippen molar-refractivity contribution in [1.82, 2.24) is 0 Å². The minimum absolute atomic E-state index is 0.112. The number of carbonyl (C=O) groups excluding carboxylic acids is 1. The molecule has 1 heterocycles. The molecule has 0 aromatic carbocycles. The first kappa shape index (κ1) is 11.6. The van der Waals surface area contributed by atoms with Crippen LogP contribution in [0.15, 0.2) is 0 Å². The van der Waals surface area contributed by atoms with Gasteiger partial charge >= 0.3 is 5.97 Å². The van der Waals surface area contributed by atoms with Gasteiger partial charge in [-0.3, -0.25) is 0 Å². The van der Waals surface area contributed by atoms with E-state index < -0.39 is 0 Å². The minimum Gasteiger partial charge on any atom is -0.462 e. The molecule has 0 spiro atoms. The van der Waals surface area contributed by atoms with Crippen molar-refractivity contribution >= 4 is 17.3 Å². The van der Waals surface area contributed by atoms with Gasteiger partial charge in [0.2, 0.25) is 0 Å². The Bertz CT molecular complexity index is 393. The van der Waals surface area contributed by atoms with E-state index in [9.17, 15) is 4.79 Å². The van der Waals surface area contributed by atoms with Gasteiger partial charge in [0.15, 0.2) is 0 Å². The Morgan fingerprint density at radius 2 is 2.06 bits per heavy atom. The van der Waals surface area contributed by atoms with Gasteiger partial charge in [0.1, 0.15) is 0 Å². The average Bonchev–Trinajstić information content (AvgIpc) is 2.67. The second-order valence-corrected chi connectivity index (χ2v) is 5.27. The Hall–Kier alpha value is -0.830. The van der Waals surface area contributed by atoms with Crippen LogP contribution in [0.2, 0.25) is 0 Å². The summed E-state index contributed by atoms with van der Waals surface area (Å²) in [5, 5.41) is 0. The molecule has 0 unspecified atom stereocenters. The van der Waals surface area contributed by atoms with E-state index in [1.807, 2.05) is 18.3 Å². The molecule has 16 heavy (non-hydrogen) atoms. The summed E-state index contributed by atoms with van der Waals surface area (Å²) in [4.78, 5) is 14.6. The van der Waals surface area contributed by atoms with Crippen LogP contribution in [0.5, 0.6) is 0 Å². The maximum absolute atomic E-state index is 11.9. The molecule has 2 rings (SSSR count). The summed E-state index contributed by atoms with van der Waals surface area (Å²) in [7, 11) is 0. The lowest BCUT2D eigenvalue weighted by atomic mass is 9.94. The van der Waals surface area contributed by atoms with Gasteiger partial charge < -0.3 is 4.74 Å². The van der Waals surface area contributed by atoms with Gasteiger partial charge in [-0.1, -0.05) is 6.92 Å². The zero-order valence-corrected chi connectivity index (χ0v) is 10.8. The molecular formula is C13H18O2S. The topological polar surface area (TPSA) is 26.3 Å². The Labute approximate surface area is 101 Å². The SMILES string of the molecule is CCOC(=O)c1c(CC)sc2c1CCCC2. The summed E-state index contributed by atoms with van der Waals surface area (Å²) in [6.07, 6.45) is 5.61. The Morgan fingerprint density at radius 1 is 1.31 bits per heavy atom. The standard InChI is InChI=1S/C13H18O2S/c1-3-10-12(13(14)15-4-2)9-7-5-6-8-11(9)16-10/h3-8H2,1-2H3. The quantitative estimate of drug-likeness (QED) is 0.755. The zero-order chi connectivity index (χ0) is 11.5. The van der Waals surface area contributed by atoms with Crippen LogP contribution in [0.3, 0.4) is 0 Å². The smallest absolute Gasteiger partial charge is 0.339 e. The van der Waals surface area contributed by atoms with Gasteiger partial charge in [0, 0.05) is 9.75 Å². The van der Waals surface area contributed by atoms with Crippen LogP contribution in [0.1, 0.15) is 52.4 Å². The van der Waals surface area contributed by atoms with Crippen molar-refractivity contribution in [3.05, 3.63) is 20.9 Å². The number of fused-ring (bicyclic) bond motifs is 1. The number of ether oxygens (including phenoxy) is 1. The minimum atomic E-state index is -0.112. The summed E-state index contributed by atoms with van der Waals surface area (Å²) < 4.78 is 5.16. The molecule has 1 aliphatic carbocycles. The fraction of sp³-hybridized carbons (Fsp3) is 0.615. The molecule has 1 aromatic heterocycles. The average molecular weight is 238 g/mol. The summed E-state index contributed by atoms with van der Waals surface area (Å²) in [6.45, 7) is 4.44. The summed E-state index contributed by atoms with van der Waals surface area (Å²) in [6, 6.07) is 0. The fourth-order valence-corrected chi connectivity index (χ4v) is 3.64. The molecule has 1 aromatic rings. The second kappa shape index (κ2) is 5.00. The molecule has 0 N–H and O–H groups in total. The van der Waals surface area contributed by atoms with Crippen molar-refractivity contribution in [3.8, 4) is 0 Å². The third-order valence-corrected chi connectivity index (χ3v) is 4.48. The molecule has 0 amide bonds. The van der Waals surface area contributed by atoms with Crippen LogP contribution in [0.4, 0.5) is 0 Å². The van der Waals surface area contributed by atoms with Crippen LogP contribution in [0.25, 0.3) is 0 Å². The highest BCUT2D eigenvalue weighted by atomic mass is 32.1. The van der Waals surface area contributed by atoms with E-state index >= 15 is 0 Å². The molecule has 2 nitrogen and oxygen atoms in total. The maximum atomic E-state index is 11.9. The molecular weight excluding hydrogens is 220 g/mol. The van der Waals surface area contributed by atoms with E-state index in [1.165, 1.54) is 28.2 Å². The highest BCUT2D eigenvalue weighted by Crippen LogP contribution is 2.35. The van der Waals surface area contributed by atoms with Crippen LogP contribution < -0.4 is 0 Å². The lowest BCUT2D eigenvalue weighted by molar-refractivity contribution is 0.0524. The molecule has 3 heteroatoms. The normalized spacial score (nSPS) is 14.6. The first-order valence-electron chi connectivity index (χ1n) is 6.08. The zero-order valence-electron chi connectivity index (χ0n) is 9.97. The maximum Gasteiger partial charge on any atom is 0.339 e. The molecule has 0 aliphatic heterocycles. The first-order valence-corrected chi connectivity index (χ1v) is 6.90. The third kappa shape index (κ3) is 2.01. The van der Waals surface area contributed by atoms with Crippen LogP contribution in [-0.4, -0.2) is 12.6 Å². The Balaban J connectivity index is 2.40. The summed E-state index contributed by atoms with van der Waals surface area (Å²) in [5.41, 5.74) is 2.18. The van der Waals surface area contributed by atoms with E-state index in [4.69, 9.17) is 4.74 Å². The number of rotatable bonds is 3. The molecule has 88 valence electrons. The largest absolute Gasteiger partial charge is 0.462 e. The lowest BCUT2D eigenvalue weighted by Gasteiger charge is -2.12. The van der Waals surface area contributed by atoms with Crippen LogP contribution in [-0.2, 0) is 24.0 Å². The molecule has 0 saturated carbocycles. The van der Waals surface area contributed by atoms with Gasteiger partial charge in [-0.05, 0) is 44.6 Å². The summed E-state index contributed by atoms with van der Waals surface area (Å²) in [5.74, 6) is -0.112. The predicted molar refractivity (Wildman–Crippen MR) is 66.3 cm³/mol. The van der Waals surface area contributed by atoms with Gasteiger partial charge in [-0.15, -0.1) is 11.3 Å². The number of esters is 1. The molecule has 0 fully saturated rings. The number of thiophene rings is 1. The van der Waals surface area contributed by atoms with E-state index in [2.05, 4.69) is 6.92 Å². The van der Waals surface area contributed by atoms with Crippen molar-refractivity contribution < 1.29 is 9.53 Å². The lowest BCUT2D eigenvalue weighted by Crippen LogP contribution is -2.10. The number of carbonyl (C=O) groups is 1. The number of hydrogen-bond donors (Lipinski definition) is 0. The highest BCUT2D eigenvalue weighted by molar-refractivity contribution is 7.12. The fourth-order valence-electron chi connectivity index (χ4n) is 2.31. The van der Waals surface area contributed by atoms with Gasteiger partial charge in [0.05, 0.1) is 12.2 Å². The predicted octanol–water partition coefficient (Wildman–Crippen LogP) is 3.37. The number of aryl methyl sites for hydroxylation is 2. The van der Waals surface area contributed by atoms with Gasteiger partial charge in [-0.25, -0.2) is 4.79 Å². The first-order chi connectivity index (χ1) is 7.77. The molecule has 1 aliphatic rings. The molecule has 0 radical (unpaired) electrons. The van der Waals surface area contributed by atoms with Gasteiger partial charge in [-0.2, -0.15) is 0 Å². The second-order valence-electron chi connectivity index (χ2n) is 4.08. The molecule has 0 atom stereocenters. The Morgan fingerprint density at radius 3 is 2.75 bits per heavy atom. The molecule has 0 bridgehead atoms. The van der Waals surface area contributed by atoms with E-state index in [-0.39, 0.29) is 5.97 Å². The van der Waals surface area contributed by atoms with Crippen molar-refractivity contribution in [2.75, 3.05) is 6.61 Å². The van der Waals surface area contributed by atoms with E-state index in [0.717, 1.165) is 24.8 Å². The van der Waals surface area contributed by atoms with Crippen molar-refractivity contribution in [3.63, 3.8) is 0 Å².